The van der Waals surface area contributed by atoms with Crippen LogP contribution in [-0.4, -0.2) is 0 Å². The third kappa shape index (κ3) is 8.10. The van der Waals surface area contributed by atoms with Gasteiger partial charge in [0, 0.05) is 39.4 Å². The molecule has 0 heterocycles. The minimum absolute atomic E-state index is 0.169. The third-order valence-corrected chi connectivity index (χ3v) is 14.2. The summed E-state index contributed by atoms with van der Waals surface area (Å²) in [7, 11) is 0. The van der Waals surface area contributed by atoms with Crippen LogP contribution in [0.4, 0.5) is 34.1 Å². The number of rotatable bonds is 11. The molecule has 338 valence electrons. The van der Waals surface area contributed by atoms with Crippen molar-refractivity contribution in [3.8, 4) is 66.8 Å². The van der Waals surface area contributed by atoms with Crippen molar-refractivity contribution in [2.75, 3.05) is 9.80 Å². The summed E-state index contributed by atoms with van der Waals surface area (Å²) in [4.78, 5) is 4.88. The second-order valence-electron chi connectivity index (χ2n) is 18.9. The van der Waals surface area contributed by atoms with E-state index in [0.29, 0.717) is 0 Å². The van der Waals surface area contributed by atoms with Crippen molar-refractivity contribution in [1.29, 1.82) is 0 Å². The standard InChI is InChI=1S/C69H52N2/c1-69(2)65-40-20-18-37-63(65)64-43-42-57(48-66(64)69)70(55-32-14-6-15-33-55)58-45-54(46-59(47-58)71(56-34-16-7-17-35-56)67-41-21-19-36-60(67)49-24-8-3-9-25-49)52-30-22-31-53(44-52)68-61(50-26-10-4-11-27-50)38-23-39-62(68)51-28-12-5-13-29-51/h3-48H,1-2H3. The van der Waals surface area contributed by atoms with Crippen LogP contribution >= 0.6 is 0 Å². The molecule has 12 rings (SSSR count). The summed E-state index contributed by atoms with van der Waals surface area (Å²) in [6, 6.07) is 102. The zero-order valence-electron chi connectivity index (χ0n) is 40.0. The molecule has 0 fully saturated rings. The molecule has 0 saturated carbocycles. The molecule has 0 aromatic heterocycles. The number of anilines is 6. The minimum atomic E-state index is -0.169. The van der Waals surface area contributed by atoms with Crippen molar-refractivity contribution in [2.24, 2.45) is 0 Å². The van der Waals surface area contributed by atoms with Gasteiger partial charge in [0.05, 0.1) is 5.69 Å². The van der Waals surface area contributed by atoms with E-state index in [1.165, 1.54) is 50.1 Å². The number of benzene rings is 11. The summed E-state index contributed by atoms with van der Waals surface area (Å²) in [6.07, 6.45) is 0. The zero-order valence-corrected chi connectivity index (χ0v) is 40.0. The van der Waals surface area contributed by atoms with Gasteiger partial charge in [-0.05, 0) is 139 Å². The van der Waals surface area contributed by atoms with Crippen LogP contribution in [0.3, 0.4) is 0 Å². The van der Waals surface area contributed by atoms with Gasteiger partial charge in [0.1, 0.15) is 0 Å². The van der Waals surface area contributed by atoms with Gasteiger partial charge in [-0.15, -0.1) is 0 Å². The molecule has 0 spiro atoms. The maximum absolute atomic E-state index is 2.45. The fraction of sp³-hybridized carbons (Fsp3) is 0.0435. The van der Waals surface area contributed by atoms with Gasteiger partial charge in [0.25, 0.3) is 0 Å². The fourth-order valence-electron chi connectivity index (χ4n) is 10.8. The second-order valence-corrected chi connectivity index (χ2v) is 18.9. The summed E-state index contributed by atoms with van der Waals surface area (Å²) in [5.74, 6) is 0. The smallest absolute Gasteiger partial charge is 0.0540 e. The fourth-order valence-corrected chi connectivity index (χ4v) is 10.8. The molecular formula is C69H52N2. The molecule has 0 amide bonds. The average Bonchev–Trinajstić information content (AvgIpc) is 3.67. The SMILES string of the molecule is CC1(C)c2ccccc2-c2ccc(N(c3ccccc3)c3cc(-c4cccc(-c5c(-c6ccccc6)cccc5-c5ccccc5)c4)cc(N(c4ccccc4)c4ccccc4-c4ccccc4)c3)cc21. The van der Waals surface area contributed by atoms with Gasteiger partial charge in [0.2, 0.25) is 0 Å². The van der Waals surface area contributed by atoms with Gasteiger partial charge < -0.3 is 9.80 Å². The van der Waals surface area contributed by atoms with Crippen LogP contribution < -0.4 is 9.80 Å². The lowest BCUT2D eigenvalue weighted by atomic mass is 9.82. The molecule has 0 saturated heterocycles. The van der Waals surface area contributed by atoms with Gasteiger partial charge in [-0.2, -0.15) is 0 Å². The number of fused-ring (bicyclic) bond motifs is 3. The summed E-state index contributed by atoms with van der Waals surface area (Å²) in [5, 5.41) is 0. The molecule has 1 aliphatic rings. The molecule has 0 atom stereocenters. The first-order valence-electron chi connectivity index (χ1n) is 24.6. The van der Waals surface area contributed by atoms with Gasteiger partial charge in [0.15, 0.2) is 0 Å². The van der Waals surface area contributed by atoms with E-state index in [0.717, 1.165) is 61.9 Å². The monoisotopic (exact) mass is 908 g/mol. The van der Waals surface area contributed by atoms with E-state index in [-0.39, 0.29) is 5.41 Å². The van der Waals surface area contributed by atoms with Crippen molar-refractivity contribution in [1.82, 2.24) is 0 Å². The molecule has 11 aromatic carbocycles. The van der Waals surface area contributed by atoms with Crippen molar-refractivity contribution < 1.29 is 0 Å². The molecule has 71 heavy (non-hydrogen) atoms. The van der Waals surface area contributed by atoms with Crippen molar-refractivity contribution in [2.45, 2.75) is 19.3 Å². The van der Waals surface area contributed by atoms with Gasteiger partial charge in [-0.1, -0.05) is 226 Å². The topological polar surface area (TPSA) is 6.48 Å². The highest BCUT2D eigenvalue weighted by Crippen LogP contribution is 2.52. The van der Waals surface area contributed by atoms with Crippen molar-refractivity contribution in [3.05, 3.63) is 290 Å². The Labute approximate surface area is 418 Å². The van der Waals surface area contributed by atoms with Crippen LogP contribution in [0.15, 0.2) is 279 Å². The van der Waals surface area contributed by atoms with Gasteiger partial charge in [-0.3, -0.25) is 0 Å². The predicted molar refractivity (Wildman–Crippen MR) is 301 cm³/mol. The van der Waals surface area contributed by atoms with Crippen LogP contribution in [0.25, 0.3) is 66.8 Å². The Balaban J connectivity index is 1.12. The number of hydrogen-bond acceptors (Lipinski definition) is 2. The lowest BCUT2D eigenvalue weighted by Crippen LogP contribution is -2.17. The highest BCUT2D eigenvalue weighted by molar-refractivity contribution is 5.97. The van der Waals surface area contributed by atoms with Crippen molar-refractivity contribution in [3.63, 3.8) is 0 Å². The average molecular weight is 909 g/mol. The molecule has 1 aliphatic carbocycles. The molecule has 0 unspecified atom stereocenters. The number of nitrogens with zero attached hydrogens (tertiary/aromatic N) is 2. The Morgan fingerprint density at radius 2 is 0.676 bits per heavy atom. The molecule has 0 radical (unpaired) electrons. The van der Waals surface area contributed by atoms with E-state index >= 15 is 0 Å². The molecule has 0 aliphatic heterocycles. The normalized spacial score (nSPS) is 12.2. The highest BCUT2D eigenvalue weighted by Gasteiger charge is 2.36. The Morgan fingerprint density at radius 1 is 0.239 bits per heavy atom. The molecule has 0 bridgehead atoms. The van der Waals surface area contributed by atoms with E-state index < -0.39 is 0 Å². The van der Waals surface area contributed by atoms with Crippen LogP contribution in [0.5, 0.6) is 0 Å². The molecule has 0 N–H and O–H groups in total. The first kappa shape index (κ1) is 43.3. The van der Waals surface area contributed by atoms with E-state index in [2.05, 4.69) is 303 Å². The van der Waals surface area contributed by atoms with E-state index in [4.69, 9.17) is 0 Å². The first-order valence-corrected chi connectivity index (χ1v) is 24.6. The van der Waals surface area contributed by atoms with Gasteiger partial charge >= 0.3 is 0 Å². The van der Waals surface area contributed by atoms with Crippen molar-refractivity contribution >= 4 is 34.1 Å². The van der Waals surface area contributed by atoms with E-state index in [9.17, 15) is 0 Å². The quantitative estimate of drug-likeness (QED) is 0.128. The third-order valence-electron chi connectivity index (χ3n) is 14.2. The van der Waals surface area contributed by atoms with E-state index in [1.807, 2.05) is 0 Å². The molecule has 11 aromatic rings. The van der Waals surface area contributed by atoms with Gasteiger partial charge in [-0.25, -0.2) is 0 Å². The number of para-hydroxylation sites is 3. The van der Waals surface area contributed by atoms with Crippen LogP contribution in [0.1, 0.15) is 25.0 Å². The van der Waals surface area contributed by atoms with E-state index in [1.54, 1.807) is 0 Å². The number of hydrogen-bond donors (Lipinski definition) is 0. The maximum Gasteiger partial charge on any atom is 0.0540 e. The Morgan fingerprint density at radius 3 is 1.30 bits per heavy atom. The largest absolute Gasteiger partial charge is 0.310 e. The highest BCUT2D eigenvalue weighted by atomic mass is 15.2. The van der Waals surface area contributed by atoms with Crippen LogP contribution in [0.2, 0.25) is 0 Å². The summed E-state index contributed by atoms with van der Waals surface area (Å²) >= 11 is 0. The minimum Gasteiger partial charge on any atom is -0.310 e. The Bertz CT molecular complexity index is 3600. The lowest BCUT2D eigenvalue weighted by molar-refractivity contribution is 0.660. The zero-order chi connectivity index (χ0) is 47.7. The maximum atomic E-state index is 2.45. The molecular weight excluding hydrogens is 857 g/mol. The second kappa shape index (κ2) is 18.5. The molecule has 2 heteroatoms. The van der Waals surface area contributed by atoms with Crippen LogP contribution in [-0.2, 0) is 5.41 Å². The summed E-state index contributed by atoms with van der Waals surface area (Å²) in [5.41, 5.74) is 23.2. The first-order chi connectivity index (χ1) is 35.0. The summed E-state index contributed by atoms with van der Waals surface area (Å²) < 4.78 is 0. The summed E-state index contributed by atoms with van der Waals surface area (Å²) in [6.45, 7) is 4.72. The predicted octanol–water partition coefficient (Wildman–Crippen LogP) is 19.3. The molecule has 2 nitrogen and oxygen atoms in total. The Kier molecular flexibility index (Phi) is 11.3. The lowest BCUT2D eigenvalue weighted by Gasteiger charge is -2.32. The Hall–Kier alpha value is -8.98. The van der Waals surface area contributed by atoms with Crippen LogP contribution in [0, 0.1) is 0 Å².